The molecule has 0 fully saturated rings. The second-order valence-electron chi connectivity index (χ2n) is 7.53. The number of halogens is 1. The number of hydrogen-bond acceptors (Lipinski definition) is 3. The highest BCUT2D eigenvalue weighted by Gasteiger charge is 2.26. The molecule has 0 aliphatic rings. The number of amides is 2. The SMILES string of the molecule is CCCCNC(=O)[C@H](C)N(Cc1cccc(Cl)c1)C(=O)COc1cc(C)ccc1C. The van der Waals surface area contributed by atoms with Crippen molar-refractivity contribution >= 4 is 23.4 Å². The monoisotopic (exact) mass is 430 g/mol. The van der Waals surface area contributed by atoms with E-state index in [-0.39, 0.29) is 25.0 Å². The van der Waals surface area contributed by atoms with E-state index in [4.69, 9.17) is 16.3 Å². The summed E-state index contributed by atoms with van der Waals surface area (Å²) in [5, 5.41) is 3.50. The van der Waals surface area contributed by atoms with Crippen LogP contribution in [-0.4, -0.2) is 35.9 Å². The van der Waals surface area contributed by atoms with Crippen LogP contribution in [0.1, 0.15) is 43.4 Å². The largest absolute Gasteiger partial charge is 0.483 e. The van der Waals surface area contributed by atoms with Gasteiger partial charge in [0.15, 0.2) is 6.61 Å². The van der Waals surface area contributed by atoms with E-state index < -0.39 is 6.04 Å². The Bertz CT molecular complexity index is 869. The van der Waals surface area contributed by atoms with Crippen LogP contribution in [0.15, 0.2) is 42.5 Å². The first-order chi connectivity index (χ1) is 14.3. The average Bonchev–Trinajstić information content (AvgIpc) is 2.72. The van der Waals surface area contributed by atoms with Crippen molar-refractivity contribution in [2.45, 2.75) is 53.1 Å². The summed E-state index contributed by atoms with van der Waals surface area (Å²) in [5.41, 5.74) is 2.87. The number of nitrogens with one attached hydrogen (secondary N) is 1. The minimum absolute atomic E-state index is 0.141. The summed E-state index contributed by atoms with van der Waals surface area (Å²) in [6, 6.07) is 12.5. The van der Waals surface area contributed by atoms with Crippen molar-refractivity contribution in [1.82, 2.24) is 10.2 Å². The summed E-state index contributed by atoms with van der Waals surface area (Å²) in [7, 11) is 0. The van der Waals surface area contributed by atoms with E-state index in [9.17, 15) is 9.59 Å². The van der Waals surface area contributed by atoms with Crippen molar-refractivity contribution in [2.75, 3.05) is 13.2 Å². The van der Waals surface area contributed by atoms with Gasteiger partial charge in [-0.25, -0.2) is 0 Å². The molecular weight excluding hydrogens is 400 g/mol. The van der Waals surface area contributed by atoms with Gasteiger partial charge < -0.3 is 15.0 Å². The molecule has 5 nitrogen and oxygen atoms in total. The zero-order valence-corrected chi connectivity index (χ0v) is 19.0. The first kappa shape index (κ1) is 23.7. The number of carbonyl (C=O) groups excluding carboxylic acids is 2. The van der Waals surface area contributed by atoms with Crippen molar-refractivity contribution in [1.29, 1.82) is 0 Å². The van der Waals surface area contributed by atoms with E-state index in [2.05, 4.69) is 12.2 Å². The van der Waals surface area contributed by atoms with Gasteiger partial charge in [-0.3, -0.25) is 9.59 Å². The Morgan fingerprint density at radius 2 is 1.93 bits per heavy atom. The number of benzene rings is 2. The lowest BCUT2D eigenvalue weighted by atomic mass is 10.1. The van der Waals surface area contributed by atoms with Gasteiger partial charge >= 0.3 is 0 Å². The average molecular weight is 431 g/mol. The van der Waals surface area contributed by atoms with Crippen LogP contribution in [0, 0.1) is 13.8 Å². The Labute approximate surface area is 184 Å². The fourth-order valence-electron chi connectivity index (χ4n) is 3.04. The summed E-state index contributed by atoms with van der Waals surface area (Å²) in [5.74, 6) is 0.241. The lowest BCUT2D eigenvalue weighted by Crippen LogP contribution is -2.49. The predicted octanol–water partition coefficient (Wildman–Crippen LogP) is 4.67. The minimum Gasteiger partial charge on any atom is -0.483 e. The van der Waals surface area contributed by atoms with Gasteiger partial charge in [0.1, 0.15) is 11.8 Å². The zero-order chi connectivity index (χ0) is 22.1. The van der Waals surface area contributed by atoms with E-state index in [1.807, 2.05) is 44.2 Å². The quantitative estimate of drug-likeness (QED) is 0.557. The van der Waals surface area contributed by atoms with Gasteiger partial charge in [0, 0.05) is 18.1 Å². The van der Waals surface area contributed by atoms with Crippen LogP contribution in [0.5, 0.6) is 5.75 Å². The molecule has 0 saturated heterocycles. The van der Waals surface area contributed by atoms with Gasteiger partial charge in [0.05, 0.1) is 0 Å². The Morgan fingerprint density at radius 1 is 1.17 bits per heavy atom. The molecule has 2 aromatic carbocycles. The fourth-order valence-corrected chi connectivity index (χ4v) is 3.25. The lowest BCUT2D eigenvalue weighted by molar-refractivity contribution is -0.142. The molecule has 0 spiro atoms. The normalized spacial score (nSPS) is 11.6. The maximum Gasteiger partial charge on any atom is 0.261 e. The smallest absolute Gasteiger partial charge is 0.261 e. The highest BCUT2D eigenvalue weighted by Crippen LogP contribution is 2.20. The molecule has 0 saturated carbocycles. The number of aryl methyl sites for hydroxylation is 2. The number of unbranched alkanes of at least 4 members (excludes halogenated alkanes) is 1. The van der Waals surface area contributed by atoms with Gasteiger partial charge in [0.25, 0.3) is 5.91 Å². The third-order valence-electron chi connectivity index (χ3n) is 4.93. The van der Waals surface area contributed by atoms with Crippen LogP contribution >= 0.6 is 11.6 Å². The third kappa shape index (κ3) is 7.06. The van der Waals surface area contributed by atoms with Crippen molar-refractivity contribution < 1.29 is 14.3 Å². The molecule has 2 rings (SSSR count). The summed E-state index contributed by atoms with van der Waals surface area (Å²) in [6.07, 6.45) is 1.89. The van der Waals surface area contributed by atoms with Gasteiger partial charge in [-0.2, -0.15) is 0 Å². The molecule has 0 aliphatic heterocycles. The van der Waals surface area contributed by atoms with Gasteiger partial charge in [-0.05, 0) is 62.1 Å². The summed E-state index contributed by atoms with van der Waals surface area (Å²) >= 11 is 6.10. The fraction of sp³-hybridized carbons (Fsp3) is 0.417. The maximum atomic E-state index is 13.1. The molecule has 30 heavy (non-hydrogen) atoms. The molecular formula is C24H31ClN2O3. The topological polar surface area (TPSA) is 58.6 Å². The van der Waals surface area contributed by atoms with E-state index in [1.54, 1.807) is 19.1 Å². The van der Waals surface area contributed by atoms with Crippen molar-refractivity contribution in [3.63, 3.8) is 0 Å². The molecule has 0 aliphatic carbocycles. The van der Waals surface area contributed by atoms with Crippen molar-refractivity contribution in [3.05, 3.63) is 64.2 Å². The Kier molecular flexibility index (Phi) is 9.18. The number of rotatable bonds is 10. The minimum atomic E-state index is -0.629. The molecule has 2 amide bonds. The molecule has 2 aromatic rings. The van der Waals surface area contributed by atoms with E-state index in [0.29, 0.717) is 17.3 Å². The molecule has 1 atom stereocenters. The number of ether oxygens (including phenoxy) is 1. The Balaban J connectivity index is 2.15. The third-order valence-corrected chi connectivity index (χ3v) is 5.17. The molecule has 0 aromatic heterocycles. The predicted molar refractivity (Wildman–Crippen MR) is 121 cm³/mol. The summed E-state index contributed by atoms with van der Waals surface area (Å²) < 4.78 is 5.80. The lowest BCUT2D eigenvalue weighted by Gasteiger charge is -2.29. The van der Waals surface area contributed by atoms with Gasteiger partial charge in [-0.1, -0.05) is 49.2 Å². The van der Waals surface area contributed by atoms with Crippen LogP contribution in [0.25, 0.3) is 0 Å². The molecule has 0 bridgehead atoms. The summed E-state index contributed by atoms with van der Waals surface area (Å²) in [4.78, 5) is 27.2. The molecule has 1 N–H and O–H groups in total. The first-order valence-electron chi connectivity index (χ1n) is 10.3. The summed E-state index contributed by atoms with van der Waals surface area (Å²) in [6.45, 7) is 8.44. The molecule has 0 heterocycles. The van der Waals surface area contributed by atoms with Crippen LogP contribution in [0.4, 0.5) is 0 Å². The molecule has 6 heteroatoms. The van der Waals surface area contributed by atoms with Gasteiger partial charge in [-0.15, -0.1) is 0 Å². The number of carbonyl (C=O) groups is 2. The second-order valence-corrected chi connectivity index (χ2v) is 7.97. The van der Waals surface area contributed by atoms with E-state index in [1.165, 1.54) is 4.90 Å². The highest BCUT2D eigenvalue weighted by atomic mass is 35.5. The van der Waals surface area contributed by atoms with Crippen molar-refractivity contribution in [3.8, 4) is 5.75 Å². The van der Waals surface area contributed by atoms with Crippen LogP contribution < -0.4 is 10.1 Å². The van der Waals surface area contributed by atoms with Crippen LogP contribution in [0.2, 0.25) is 5.02 Å². The van der Waals surface area contributed by atoms with Crippen LogP contribution in [-0.2, 0) is 16.1 Å². The number of hydrogen-bond donors (Lipinski definition) is 1. The van der Waals surface area contributed by atoms with E-state index in [0.717, 1.165) is 29.5 Å². The standard InChI is InChI=1S/C24H31ClN2O3/c1-5-6-12-26-24(29)19(4)27(15-20-8-7-9-21(25)14-20)23(28)16-30-22-13-17(2)10-11-18(22)3/h7-11,13-14,19H,5-6,12,15-16H2,1-4H3,(H,26,29)/t19-/m0/s1. The molecule has 0 unspecified atom stereocenters. The second kappa shape index (κ2) is 11.6. The Hall–Kier alpha value is -2.53. The zero-order valence-electron chi connectivity index (χ0n) is 18.2. The number of nitrogens with zero attached hydrogens (tertiary/aromatic N) is 1. The first-order valence-corrected chi connectivity index (χ1v) is 10.7. The van der Waals surface area contributed by atoms with Gasteiger partial charge in [0.2, 0.25) is 5.91 Å². The highest BCUT2D eigenvalue weighted by molar-refractivity contribution is 6.30. The molecule has 0 radical (unpaired) electrons. The van der Waals surface area contributed by atoms with Crippen molar-refractivity contribution in [2.24, 2.45) is 0 Å². The maximum absolute atomic E-state index is 13.1. The van der Waals surface area contributed by atoms with Crippen LogP contribution in [0.3, 0.4) is 0 Å². The van der Waals surface area contributed by atoms with E-state index >= 15 is 0 Å². The Morgan fingerprint density at radius 3 is 2.63 bits per heavy atom. The molecule has 162 valence electrons.